The van der Waals surface area contributed by atoms with E-state index < -0.39 is 0 Å². The average molecular weight is 629 g/mol. The van der Waals surface area contributed by atoms with E-state index in [-0.39, 0.29) is 0 Å². The van der Waals surface area contributed by atoms with Crippen LogP contribution in [0.3, 0.4) is 0 Å². The standard InChI is InChI=1S/C45H29N3O/c1-4-11-30(12-5-1)31-19-21-32(22-20-31)33-23-25-34(26-24-33)37-27-28-40-39(29-37)42-38(17-10-18-41(42)49-40)45-47-43(35-13-6-2-7-14-35)46-44(48-45)36-15-8-3-9-16-36/h1-29H/i1D. The van der Waals surface area contributed by atoms with Crippen molar-refractivity contribution in [3.8, 4) is 67.5 Å². The molecular weight excluding hydrogens is 599 g/mol. The molecule has 0 fully saturated rings. The third kappa shape index (κ3) is 5.45. The van der Waals surface area contributed by atoms with Crippen LogP contribution in [0.2, 0.25) is 0 Å². The molecule has 0 saturated heterocycles. The van der Waals surface area contributed by atoms with Gasteiger partial charge in [-0.3, -0.25) is 0 Å². The zero-order valence-electron chi connectivity index (χ0n) is 27.4. The van der Waals surface area contributed by atoms with E-state index in [4.69, 9.17) is 20.7 Å². The second-order valence-corrected chi connectivity index (χ2v) is 12.0. The summed E-state index contributed by atoms with van der Waals surface area (Å²) in [6, 6.07) is 57.9. The molecule has 0 unspecified atom stereocenters. The Hall–Kier alpha value is -6.65. The molecule has 0 aliphatic carbocycles. The third-order valence-electron chi connectivity index (χ3n) is 8.92. The Morgan fingerprint density at radius 1 is 0.367 bits per heavy atom. The molecule has 0 amide bonds. The summed E-state index contributed by atoms with van der Waals surface area (Å²) in [7, 11) is 0. The second kappa shape index (κ2) is 12.2. The minimum absolute atomic E-state index is 0.517. The summed E-state index contributed by atoms with van der Waals surface area (Å²) >= 11 is 0. The Morgan fingerprint density at radius 2 is 0.837 bits per heavy atom. The van der Waals surface area contributed by atoms with Gasteiger partial charge in [-0.15, -0.1) is 0 Å². The van der Waals surface area contributed by atoms with Gasteiger partial charge in [0.25, 0.3) is 0 Å². The van der Waals surface area contributed by atoms with E-state index in [0.717, 1.165) is 72.0 Å². The fourth-order valence-corrected chi connectivity index (χ4v) is 6.41. The maximum atomic E-state index is 7.75. The van der Waals surface area contributed by atoms with Gasteiger partial charge in [-0.2, -0.15) is 0 Å². The maximum absolute atomic E-state index is 7.75. The van der Waals surface area contributed by atoms with Gasteiger partial charge in [-0.1, -0.05) is 158 Å². The van der Waals surface area contributed by atoms with Crippen LogP contribution in [0, 0.1) is 0 Å². The number of aromatic nitrogens is 3. The molecule has 230 valence electrons. The van der Waals surface area contributed by atoms with Crippen molar-refractivity contribution in [1.29, 1.82) is 0 Å². The van der Waals surface area contributed by atoms with Crippen molar-refractivity contribution in [3.05, 3.63) is 176 Å². The Bertz CT molecular complexity index is 2560. The van der Waals surface area contributed by atoms with Gasteiger partial charge in [-0.25, -0.2) is 15.0 Å². The SMILES string of the molecule is [2H]c1ccc(-c2ccc(-c3ccc(-c4ccc5oc6cccc(-c7nc(-c8ccccc8)nc(-c8ccccc8)n7)c6c5c4)cc3)cc2)cc1. The molecule has 0 radical (unpaired) electrons. The molecule has 7 aromatic carbocycles. The van der Waals surface area contributed by atoms with Gasteiger partial charge in [0.05, 0.1) is 1.37 Å². The van der Waals surface area contributed by atoms with Crippen LogP contribution in [-0.2, 0) is 0 Å². The second-order valence-electron chi connectivity index (χ2n) is 12.0. The van der Waals surface area contributed by atoms with Crippen LogP contribution in [0.1, 0.15) is 1.37 Å². The predicted molar refractivity (Wildman–Crippen MR) is 200 cm³/mol. The smallest absolute Gasteiger partial charge is 0.164 e. The van der Waals surface area contributed by atoms with Crippen molar-refractivity contribution in [2.45, 2.75) is 0 Å². The lowest BCUT2D eigenvalue weighted by molar-refractivity contribution is 0.669. The number of furan rings is 1. The van der Waals surface area contributed by atoms with Gasteiger partial charge in [0.1, 0.15) is 11.2 Å². The number of benzene rings is 7. The lowest BCUT2D eigenvalue weighted by Gasteiger charge is -2.09. The Labute approximate surface area is 285 Å². The van der Waals surface area contributed by atoms with Crippen LogP contribution in [-0.4, -0.2) is 15.0 Å². The summed E-state index contributed by atoms with van der Waals surface area (Å²) in [4.78, 5) is 14.9. The summed E-state index contributed by atoms with van der Waals surface area (Å²) in [6.07, 6.45) is 0. The van der Waals surface area contributed by atoms with Gasteiger partial charge < -0.3 is 4.42 Å². The lowest BCUT2D eigenvalue weighted by atomic mass is 9.97. The van der Waals surface area contributed by atoms with E-state index in [0.29, 0.717) is 23.5 Å². The first kappa shape index (κ1) is 27.5. The first-order valence-electron chi connectivity index (χ1n) is 16.8. The fourth-order valence-electron chi connectivity index (χ4n) is 6.41. The Kier molecular flexibility index (Phi) is 6.83. The number of hydrogen-bond donors (Lipinski definition) is 0. The fraction of sp³-hybridized carbons (Fsp3) is 0. The van der Waals surface area contributed by atoms with E-state index in [1.54, 1.807) is 0 Å². The molecule has 2 heterocycles. The highest BCUT2D eigenvalue weighted by Crippen LogP contribution is 2.38. The van der Waals surface area contributed by atoms with Gasteiger partial charge in [-0.05, 0) is 51.6 Å². The summed E-state index contributed by atoms with van der Waals surface area (Å²) < 4.78 is 14.1. The summed E-state index contributed by atoms with van der Waals surface area (Å²) in [5.41, 5.74) is 11.1. The average Bonchev–Trinajstić information content (AvgIpc) is 3.57. The molecule has 9 aromatic rings. The topological polar surface area (TPSA) is 51.8 Å². The third-order valence-corrected chi connectivity index (χ3v) is 8.92. The van der Waals surface area contributed by atoms with Gasteiger partial charge in [0, 0.05) is 27.5 Å². The number of hydrogen-bond acceptors (Lipinski definition) is 4. The van der Waals surface area contributed by atoms with Crippen molar-refractivity contribution in [2.75, 3.05) is 0 Å². The molecule has 0 aliphatic rings. The van der Waals surface area contributed by atoms with Crippen LogP contribution in [0.25, 0.3) is 89.5 Å². The molecule has 2 aromatic heterocycles. The summed E-state index contributed by atoms with van der Waals surface area (Å²) in [6.45, 7) is 0. The molecular formula is C45H29N3O. The minimum Gasteiger partial charge on any atom is -0.456 e. The predicted octanol–water partition coefficient (Wildman–Crippen LogP) is 11.8. The first-order chi connectivity index (χ1) is 24.7. The molecule has 4 heteroatoms. The lowest BCUT2D eigenvalue weighted by Crippen LogP contribution is -2.00. The molecule has 0 atom stereocenters. The van der Waals surface area contributed by atoms with Crippen molar-refractivity contribution in [2.24, 2.45) is 0 Å². The van der Waals surface area contributed by atoms with Crippen molar-refractivity contribution >= 4 is 21.9 Å². The highest BCUT2D eigenvalue weighted by Gasteiger charge is 2.18. The van der Waals surface area contributed by atoms with Crippen molar-refractivity contribution in [1.82, 2.24) is 15.0 Å². The molecule has 0 spiro atoms. The molecule has 4 nitrogen and oxygen atoms in total. The zero-order chi connectivity index (χ0) is 33.4. The molecule has 49 heavy (non-hydrogen) atoms. The normalized spacial score (nSPS) is 11.6. The highest BCUT2D eigenvalue weighted by atomic mass is 16.3. The molecule has 0 saturated carbocycles. The number of nitrogens with zero attached hydrogens (tertiary/aromatic N) is 3. The van der Waals surface area contributed by atoms with E-state index in [2.05, 4.69) is 66.7 Å². The van der Waals surface area contributed by atoms with E-state index in [1.165, 1.54) is 0 Å². The zero-order valence-corrected chi connectivity index (χ0v) is 26.4. The Morgan fingerprint density at radius 3 is 1.41 bits per heavy atom. The minimum atomic E-state index is 0.517. The van der Waals surface area contributed by atoms with Gasteiger partial charge in [0.15, 0.2) is 17.5 Å². The van der Waals surface area contributed by atoms with Crippen LogP contribution < -0.4 is 0 Å². The first-order valence-corrected chi connectivity index (χ1v) is 16.3. The molecule has 0 aliphatic heterocycles. The molecule has 9 rings (SSSR count). The molecule has 0 N–H and O–H groups in total. The van der Waals surface area contributed by atoms with Gasteiger partial charge in [0.2, 0.25) is 0 Å². The van der Waals surface area contributed by atoms with Crippen molar-refractivity contribution in [3.63, 3.8) is 0 Å². The maximum Gasteiger partial charge on any atom is 0.164 e. The monoisotopic (exact) mass is 628 g/mol. The summed E-state index contributed by atoms with van der Waals surface area (Å²) in [5, 5.41) is 1.98. The Balaban J connectivity index is 1.10. The quantitative estimate of drug-likeness (QED) is 0.184. The van der Waals surface area contributed by atoms with Crippen LogP contribution in [0.4, 0.5) is 0 Å². The van der Waals surface area contributed by atoms with E-state index >= 15 is 0 Å². The van der Waals surface area contributed by atoms with Crippen LogP contribution in [0.15, 0.2) is 180 Å². The highest BCUT2D eigenvalue weighted by molar-refractivity contribution is 6.12. The largest absolute Gasteiger partial charge is 0.456 e. The van der Waals surface area contributed by atoms with E-state index in [9.17, 15) is 0 Å². The van der Waals surface area contributed by atoms with Crippen molar-refractivity contribution < 1.29 is 5.79 Å². The summed E-state index contributed by atoms with van der Waals surface area (Å²) in [5.74, 6) is 1.84. The van der Waals surface area contributed by atoms with Gasteiger partial charge >= 0.3 is 0 Å². The molecule has 0 bridgehead atoms. The van der Waals surface area contributed by atoms with Crippen LogP contribution >= 0.6 is 0 Å². The number of rotatable bonds is 6. The van der Waals surface area contributed by atoms with E-state index in [1.807, 2.05) is 103 Å². The number of fused-ring (bicyclic) bond motifs is 3. The van der Waals surface area contributed by atoms with Crippen LogP contribution in [0.5, 0.6) is 0 Å².